The number of hydrogen-bond donors (Lipinski definition) is 1. The van der Waals surface area contributed by atoms with Gasteiger partial charge in [-0.05, 0) is 6.92 Å². The van der Waals surface area contributed by atoms with Crippen LogP contribution in [0.3, 0.4) is 0 Å². The number of ketones is 1. The average molecular weight is 296 g/mol. The molecule has 0 unspecified atom stereocenters. The molecule has 16 heavy (non-hydrogen) atoms. The Kier molecular flexibility index (Phi) is 5.67. The zero-order valence-electron chi connectivity index (χ0n) is 11.7. The normalized spacial score (nSPS) is 14.0. The molecule has 1 N–H and O–H groups in total. The highest BCUT2D eigenvalue weighted by Gasteiger charge is 2.53. The van der Waals surface area contributed by atoms with Crippen molar-refractivity contribution in [2.75, 3.05) is 12.7 Å². The number of nitrogens with one attached hydrogen (secondary N) is 1. The average Bonchev–Trinajstić information content (AvgIpc) is 1.98. The van der Waals surface area contributed by atoms with Gasteiger partial charge in [-0.1, -0.05) is 39.3 Å². The molecule has 96 valence electrons. The molecule has 2 nitrogen and oxygen atoms in total. The van der Waals surface area contributed by atoms with E-state index in [0.717, 1.165) is 6.17 Å². The van der Waals surface area contributed by atoms with Crippen molar-refractivity contribution in [1.82, 2.24) is 5.32 Å². The van der Waals surface area contributed by atoms with Crippen LogP contribution in [0, 0.1) is 0 Å². The van der Waals surface area contributed by atoms with Crippen LogP contribution in [0.1, 0.15) is 6.92 Å². The Labute approximate surface area is 107 Å². The lowest BCUT2D eigenvalue weighted by atomic mass is 10.5. The van der Waals surface area contributed by atoms with E-state index < -0.39 is 21.6 Å². The topological polar surface area (TPSA) is 29.1 Å². The van der Waals surface area contributed by atoms with E-state index in [1.807, 2.05) is 0 Å². The molecule has 0 radical (unpaired) electrons. The molecule has 0 aliphatic carbocycles. The van der Waals surface area contributed by atoms with E-state index in [1.54, 1.807) is 6.92 Å². The van der Waals surface area contributed by atoms with Crippen LogP contribution in [0.5, 0.6) is 0 Å². The fraction of sp³-hybridized carbons (Fsp3) is 0.900. The van der Waals surface area contributed by atoms with E-state index in [9.17, 15) is 4.79 Å². The third-order valence-electron chi connectivity index (χ3n) is 3.12. The molecule has 0 bridgehead atoms. The second-order valence-electron chi connectivity index (χ2n) is 6.61. The zero-order chi connectivity index (χ0) is 13.2. The zero-order valence-corrected chi connectivity index (χ0v) is 15.5. The summed E-state index contributed by atoms with van der Waals surface area (Å²) in [6.45, 7) is 16.3. The van der Waals surface area contributed by atoms with Gasteiger partial charge in [0.05, 0.1) is 21.7 Å². The number of halogens is 1. The smallest absolute Gasteiger partial charge is 0.150 e. The first-order chi connectivity index (χ1) is 6.92. The predicted octanol–water partition coefficient (Wildman–Crippen LogP) is 2.72. The van der Waals surface area contributed by atoms with Crippen LogP contribution in [0.15, 0.2) is 0 Å². The molecule has 6 heteroatoms. The van der Waals surface area contributed by atoms with E-state index in [0.29, 0.717) is 6.54 Å². The highest BCUT2D eigenvalue weighted by atomic mass is 35.6. The van der Waals surface area contributed by atoms with Crippen molar-refractivity contribution in [3.05, 3.63) is 0 Å². The van der Waals surface area contributed by atoms with Crippen molar-refractivity contribution in [3.8, 4) is 0 Å². The first kappa shape index (κ1) is 16.6. The Morgan fingerprint density at radius 3 is 1.69 bits per heavy atom. The summed E-state index contributed by atoms with van der Waals surface area (Å²) in [5.41, 5.74) is 0. The molecule has 0 saturated carbocycles. The predicted molar refractivity (Wildman–Crippen MR) is 81.8 cm³/mol. The standard InChI is InChI=1S/C10H26ClNOSi3/c1-10(13)8-12-9-16(11,14(2,3)4)15(5,6)7/h12H,8-9H2,1-7H3. The van der Waals surface area contributed by atoms with Gasteiger partial charge < -0.3 is 5.32 Å². The summed E-state index contributed by atoms with van der Waals surface area (Å²) in [4.78, 5) is 11.0. The maximum absolute atomic E-state index is 11.0. The lowest BCUT2D eigenvalue weighted by Crippen LogP contribution is -2.72. The van der Waals surface area contributed by atoms with E-state index in [4.69, 9.17) is 11.1 Å². The van der Waals surface area contributed by atoms with Gasteiger partial charge in [0, 0.05) is 6.17 Å². The Morgan fingerprint density at radius 1 is 1.06 bits per heavy atom. The maximum atomic E-state index is 11.0. The highest BCUT2D eigenvalue weighted by molar-refractivity contribution is 7.82. The third kappa shape index (κ3) is 4.10. The first-order valence-corrected chi connectivity index (χ1v) is 18.0. The van der Waals surface area contributed by atoms with Gasteiger partial charge in [-0.2, -0.15) is 11.1 Å². The van der Waals surface area contributed by atoms with Crippen molar-refractivity contribution in [3.63, 3.8) is 0 Å². The minimum absolute atomic E-state index is 0.194. The number of Topliss-reactive ketones (excluding diaryl/α,β-unsaturated/α-hetero) is 1. The van der Waals surface area contributed by atoms with Gasteiger partial charge in [-0.25, -0.2) is 0 Å². The summed E-state index contributed by atoms with van der Waals surface area (Å²) < 4.78 is 0. The SMILES string of the molecule is CC(=O)CNC[Si](Cl)([Si](C)(C)C)[Si](C)(C)C. The van der Waals surface area contributed by atoms with Gasteiger partial charge in [0.15, 0.2) is 6.42 Å². The van der Waals surface area contributed by atoms with Gasteiger partial charge in [-0.3, -0.25) is 4.79 Å². The number of carbonyl (C=O) groups is 1. The van der Waals surface area contributed by atoms with Crippen LogP contribution in [0.25, 0.3) is 0 Å². The van der Waals surface area contributed by atoms with Crippen LogP contribution >= 0.6 is 11.1 Å². The molecule has 0 spiro atoms. The molecule has 0 saturated heterocycles. The van der Waals surface area contributed by atoms with Crippen LogP contribution in [-0.4, -0.2) is 40.1 Å². The number of carbonyl (C=O) groups excluding carboxylic acids is 1. The summed E-state index contributed by atoms with van der Waals surface area (Å²) in [7, 11) is -2.65. The van der Waals surface area contributed by atoms with Gasteiger partial charge in [0.1, 0.15) is 5.78 Å². The summed E-state index contributed by atoms with van der Waals surface area (Å²) in [5.74, 6) is 0.194. The Hall–Kier alpha value is 0.571. The fourth-order valence-electron chi connectivity index (χ4n) is 2.07. The Balaban J connectivity index is 4.78. The van der Waals surface area contributed by atoms with Crippen molar-refractivity contribution >= 4 is 38.5 Å². The molecule has 0 aliphatic rings. The van der Waals surface area contributed by atoms with E-state index in [1.165, 1.54) is 0 Å². The molecule has 0 aromatic rings. The number of rotatable bonds is 6. The molecule has 0 rings (SSSR count). The minimum atomic E-state index is -1.73. The van der Waals surface area contributed by atoms with E-state index in [2.05, 4.69) is 44.6 Å². The molecule has 0 aromatic carbocycles. The molecular formula is C10H26ClNOSi3. The van der Waals surface area contributed by atoms with Crippen LogP contribution in [-0.2, 0) is 4.79 Å². The molecular weight excluding hydrogens is 270 g/mol. The highest BCUT2D eigenvalue weighted by Crippen LogP contribution is 2.31. The largest absolute Gasteiger partial charge is 0.312 e. The Bertz CT molecular complexity index is 244. The molecule has 0 heterocycles. The lowest BCUT2D eigenvalue weighted by molar-refractivity contribution is -0.116. The van der Waals surface area contributed by atoms with Gasteiger partial charge in [0.2, 0.25) is 0 Å². The van der Waals surface area contributed by atoms with Gasteiger partial charge in [-0.15, -0.1) is 0 Å². The molecule has 0 fully saturated rings. The van der Waals surface area contributed by atoms with E-state index in [-0.39, 0.29) is 5.78 Å². The fourth-order valence-corrected chi connectivity index (χ4v) is 37.1. The van der Waals surface area contributed by atoms with E-state index >= 15 is 0 Å². The quantitative estimate of drug-likeness (QED) is 0.603. The van der Waals surface area contributed by atoms with Crippen molar-refractivity contribution in [2.24, 2.45) is 0 Å². The summed E-state index contributed by atoms with van der Waals surface area (Å²) >= 11 is 7.06. The van der Waals surface area contributed by atoms with Crippen LogP contribution in [0.2, 0.25) is 39.3 Å². The summed E-state index contributed by atoms with van der Waals surface area (Å²) in [6, 6.07) is 0. The number of hydrogen-bond acceptors (Lipinski definition) is 2. The van der Waals surface area contributed by atoms with Crippen LogP contribution < -0.4 is 5.32 Å². The first-order valence-electron chi connectivity index (χ1n) is 5.81. The molecule has 0 amide bonds. The van der Waals surface area contributed by atoms with Crippen LogP contribution in [0.4, 0.5) is 0 Å². The second kappa shape index (κ2) is 5.48. The molecule has 0 aromatic heterocycles. The van der Waals surface area contributed by atoms with Crippen molar-refractivity contribution in [2.45, 2.75) is 46.2 Å². The van der Waals surface area contributed by atoms with Gasteiger partial charge in [0.25, 0.3) is 0 Å². The maximum Gasteiger partial charge on any atom is 0.150 e. The van der Waals surface area contributed by atoms with Crippen molar-refractivity contribution < 1.29 is 4.79 Å². The summed E-state index contributed by atoms with van der Waals surface area (Å²) in [5, 5.41) is 3.29. The minimum Gasteiger partial charge on any atom is -0.312 e. The Morgan fingerprint density at radius 2 is 1.44 bits per heavy atom. The molecule has 0 atom stereocenters. The summed E-state index contributed by atoms with van der Waals surface area (Å²) in [6.07, 6.45) is -0.830. The lowest BCUT2D eigenvalue weighted by Gasteiger charge is -2.45. The monoisotopic (exact) mass is 295 g/mol. The second-order valence-corrected chi connectivity index (χ2v) is 37.0. The van der Waals surface area contributed by atoms with Gasteiger partial charge >= 0.3 is 0 Å². The third-order valence-corrected chi connectivity index (χ3v) is 48.0. The van der Waals surface area contributed by atoms with Crippen molar-refractivity contribution in [1.29, 1.82) is 0 Å². The molecule has 0 aliphatic heterocycles.